The topological polar surface area (TPSA) is 57.4 Å². The summed E-state index contributed by atoms with van der Waals surface area (Å²) in [6.45, 7) is 7.23. The Labute approximate surface area is 137 Å². The summed E-state index contributed by atoms with van der Waals surface area (Å²) in [5, 5.41) is 4.64. The summed E-state index contributed by atoms with van der Waals surface area (Å²) >= 11 is 0. The van der Waals surface area contributed by atoms with Gasteiger partial charge in [-0.1, -0.05) is 0 Å². The molecule has 124 valence electrons. The zero-order chi connectivity index (χ0) is 16.4. The number of amides is 1. The lowest BCUT2D eigenvalue weighted by atomic mass is 10.2. The standard InChI is InChI=1S/C18H25N3O2/c1-18(2,3)23-17(22)21-10-4-5-15(21)12-20-14-6-7-16-13(11-14)8-9-19-16/h6-9,11,15,19-20H,4-5,10,12H2,1-3H3. The van der Waals surface area contributed by atoms with Gasteiger partial charge >= 0.3 is 6.09 Å². The van der Waals surface area contributed by atoms with Gasteiger partial charge in [0.05, 0.1) is 6.04 Å². The van der Waals surface area contributed by atoms with E-state index < -0.39 is 5.60 Å². The number of carbonyl (C=O) groups excluding carboxylic acids is 1. The first-order valence-electron chi connectivity index (χ1n) is 8.23. The van der Waals surface area contributed by atoms with Gasteiger partial charge < -0.3 is 19.9 Å². The smallest absolute Gasteiger partial charge is 0.410 e. The second kappa shape index (κ2) is 6.14. The molecule has 1 saturated heterocycles. The monoisotopic (exact) mass is 315 g/mol. The summed E-state index contributed by atoms with van der Waals surface area (Å²) in [5.74, 6) is 0. The van der Waals surface area contributed by atoms with Crippen LogP contribution in [0.25, 0.3) is 10.9 Å². The number of carbonyl (C=O) groups is 1. The Kier molecular flexibility index (Phi) is 4.20. The molecule has 23 heavy (non-hydrogen) atoms. The first-order valence-corrected chi connectivity index (χ1v) is 8.23. The van der Waals surface area contributed by atoms with Gasteiger partial charge in [0.2, 0.25) is 0 Å². The number of likely N-dealkylation sites (tertiary alicyclic amines) is 1. The Morgan fingerprint density at radius 1 is 1.39 bits per heavy atom. The van der Waals surface area contributed by atoms with Gasteiger partial charge in [0.1, 0.15) is 5.60 Å². The van der Waals surface area contributed by atoms with E-state index >= 15 is 0 Å². The molecule has 1 unspecified atom stereocenters. The Morgan fingerprint density at radius 3 is 3.00 bits per heavy atom. The quantitative estimate of drug-likeness (QED) is 0.900. The first-order chi connectivity index (χ1) is 10.9. The molecule has 0 spiro atoms. The maximum absolute atomic E-state index is 12.3. The number of anilines is 1. The molecule has 0 bridgehead atoms. The number of hydrogen-bond acceptors (Lipinski definition) is 3. The van der Waals surface area contributed by atoms with Gasteiger partial charge in [-0.25, -0.2) is 4.79 Å². The molecule has 2 N–H and O–H groups in total. The van der Waals surface area contributed by atoms with Crippen LogP contribution in [0.15, 0.2) is 30.5 Å². The number of hydrogen-bond donors (Lipinski definition) is 2. The summed E-state index contributed by atoms with van der Waals surface area (Å²) in [6.07, 6.45) is 3.78. The average molecular weight is 315 g/mol. The van der Waals surface area contributed by atoms with Crippen LogP contribution in [-0.2, 0) is 4.74 Å². The molecule has 3 rings (SSSR count). The molecule has 1 amide bonds. The van der Waals surface area contributed by atoms with Crippen molar-refractivity contribution < 1.29 is 9.53 Å². The van der Waals surface area contributed by atoms with Gasteiger partial charge in [0.25, 0.3) is 0 Å². The highest BCUT2D eigenvalue weighted by Crippen LogP contribution is 2.22. The minimum absolute atomic E-state index is 0.187. The van der Waals surface area contributed by atoms with E-state index in [1.807, 2.05) is 31.9 Å². The largest absolute Gasteiger partial charge is 0.444 e. The summed E-state index contributed by atoms with van der Waals surface area (Å²) in [7, 11) is 0. The number of nitrogens with zero attached hydrogens (tertiary/aromatic N) is 1. The number of aromatic nitrogens is 1. The molecule has 5 nitrogen and oxygen atoms in total. The summed E-state index contributed by atoms with van der Waals surface area (Å²) in [5.41, 5.74) is 1.76. The molecule has 1 atom stereocenters. The van der Waals surface area contributed by atoms with Crippen molar-refractivity contribution in [2.45, 2.75) is 45.3 Å². The molecule has 1 aliphatic rings. The molecular weight excluding hydrogens is 290 g/mol. The minimum atomic E-state index is -0.447. The Bertz CT molecular complexity index is 687. The van der Waals surface area contributed by atoms with Crippen LogP contribution < -0.4 is 5.32 Å². The highest BCUT2D eigenvalue weighted by atomic mass is 16.6. The number of H-pyrrole nitrogens is 1. The number of rotatable bonds is 3. The van der Waals surface area contributed by atoms with E-state index in [1.165, 1.54) is 5.39 Å². The lowest BCUT2D eigenvalue weighted by molar-refractivity contribution is 0.0235. The Hall–Kier alpha value is -2.17. The average Bonchev–Trinajstić information content (AvgIpc) is 3.11. The maximum atomic E-state index is 12.3. The summed E-state index contributed by atoms with van der Waals surface area (Å²) < 4.78 is 5.51. The maximum Gasteiger partial charge on any atom is 0.410 e. The van der Waals surface area contributed by atoms with E-state index in [-0.39, 0.29) is 12.1 Å². The van der Waals surface area contributed by atoms with Crippen LogP contribution in [0, 0.1) is 0 Å². The van der Waals surface area contributed by atoms with E-state index in [0.717, 1.165) is 37.1 Å². The highest BCUT2D eigenvalue weighted by molar-refractivity contribution is 5.83. The third kappa shape index (κ3) is 3.78. The van der Waals surface area contributed by atoms with E-state index in [2.05, 4.69) is 34.6 Å². The van der Waals surface area contributed by atoms with Crippen LogP contribution >= 0.6 is 0 Å². The Balaban J connectivity index is 1.61. The third-order valence-electron chi connectivity index (χ3n) is 4.10. The van der Waals surface area contributed by atoms with E-state index in [9.17, 15) is 4.79 Å². The van der Waals surface area contributed by atoms with Gasteiger partial charge in [-0.2, -0.15) is 0 Å². The first kappa shape index (κ1) is 15.7. The number of fused-ring (bicyclic) bond motifs is 1. The van der Waals surface area contributed by atoms with E-state index in [1.54, 1.807) is 0 Å². The van der Waals surface area contributed by atoms with Crippen molar-refractivity contribution in [2.75, 3.05) is 18.4 Å². The van der Waals surface area contributed by atoms with E-state index in [0.29, 0.717) is 0 Å². The fraction of sp³-hybridized carbons (Fsp3) is 0.500. The van der Waals surface area contributed by atoms with Crippen LogP contribution in [0.5, 0.6) is 0 Å². The number of aromatic amines is 1. The van der Waals surface area contributed by atoms with Crippen LogP contribution in [0.4, 0.5) is 10.5 Å². The SMILES string of the molecule is CC(C)(C)OC(=O)N1CCCC1CNc1ccc2[nH]ccc2c1. The van der Waals surface area contributed by atoms with Crippen LogP contribution in [0.1, 0.15) is 33.6 Å². The lowest BCUT2D eigenvalue weighted by Gasteiger charge is -2.29. The molecular formula is C18H25N3O2. The molecule has 1 aromatic carbocycles. The normalized spacial score (nSPS) is 18.4. The molecule has 0 aliphatic carbocycles. The van der Waals surface area contributed by atoms with Crippen molar-refractivity contribution in [3.63, 3.8) is 0 Å². The fourth-order valence-corrected chi connectivity index (χ4v) is 3.01. The number of benzene rings is 1. The van der Waals surface area contributed by atoms with Gasteiger partial charge in [-0.15, -0.1) is 0 Å². The second-order valence-electron chi connectivity index (χ2n) is 7.13. The van der Waals surface area contributed by atoms with Crippen LogP contribution in [0.3, 0.4) is 0 Å². The van der Waals surface area contributed by atoms with Crippen LogP contribution in [0.2, 0.25) is 0 Å². The zero-order valence-electron chi connectivity index (χ0n) is 14.1. The molecule has 1 fully saturated rings. The summed E-state index contributed by atoms with van der Waals surface area (Å²) in [4.78, 5) is 17.3. The lowest BCUT2D eigenvalue weighted by Crippen LogP contribution is -2.42. The number of nitrogens with one attached hydrogen (secondary N) is 2. The minimum Gasteiger partial charge on any atom is -0.444 e. The molecule has 0 saturated carbocycles. The van der Waals surface area contributed by atoms with Crippen LogP contribution in [-0.4, -0.2) is 40.7 Å². The predicted octanol–water partition coefficient (Wildman–Crippen LogP) is 3.98. The predicted molar refractivity (Wildman–Crippen MR) is 92.8 cm³/mol. The van der Waals surface area contributed by atoms with Gasteiger partial charge in [-0.3, -0.25) is 0 Å². The van der Waals surface area contributed by atoms with Crippen molar-refractivity contribution in [3.05, 3.63) is 30.5 Å². The molecule has 5 heteroatoms. The molecule has 0 radical (unpaired) electrons. The zero-order valence-corrected chi connectivity index (χ0v) is 14.1. The van der Waals surface area contributed by atoms with Crippen molar-refractivity contribution in [1.82, 2.24) is 9.88 Å². The van der Waals surface area contributed by atoms with Gasteiger partial charge in [0, 0.05) is 35.9 Å². The second-order valence-corrected chi connectivity index (χ2v) is 7.13. The van der Waals surface area contributed by atoms with Crippen molar-refractivity contribution in [3.8, 4) is 0 Å². The van der Waals surface area contributed by atoms with Gasteiger partial charge in [0.15, 0.2) is 0 Å². The van der Waals surface area contributed by atoms with E-state index in [4.69, 9.17) is 4.74 Å². The molecule has 2 heterocycles. The van der Waals surface area contributed by atoms with Crippen molar-refractivity contribution in [1.29, 1.82) is 0 Å². The highest BCUT2D eigenvalue weighted by Gasteiger charge is 2.31. The van der Waals surface area contributed by atoms with Crippen molar-refractivity contribution in [2.24, 2.45) is 0 Å². The molecule has 1 aliphatic heterocycles. The molecule has 1 aromatic heterocycles. The fourth-order valence-electron chi connectivity index (χ4n) is 3.01. The summed E-state index contributed by atoms with van der Waals surface area (Å²) in [6, 6.07) is 8.50. The van der Waals surface area contributed by atoms with Gasteiger partial charge in [-0.05, 0) is 57.9 Å². The Morgan fingerprint density at radius 2 is 2.22 bits per heavy atom. The number of ether oxygens (including phenoxy) is 1. The van der Waals surface area contributed by atoms with Crippen molar-refractivity contribution >= 4 is 22.7 Å². The molecule has 2 aromatic rings. The third-order valence-corrected chi connectivity index (χ3v) is 4.10.